The van der Waals surface area contributed by atoms with Crippen molar-refractivity contribution in [3.63, 3.8) is 0 Å². The number of halogens is 1. The molecule has 1 amide bonds. The summed E-state index contributed by atoms with van der Waals surface area (Å²) in [4.78, 5) is 28.0. The van der Waals surface area contributed by atoms with Crippen LogP contribution in [-0.2, 0) is 12.1 Å². The van der Waals surface area contributed by atoms with Crippen molar-refractivity contribution in [2.24, 2.45) is 0 Å². The summed E-state index contributed by atoms with van der Waals surface area (Å²) in [7, 11) is 0. The molecule has 0 atom stereocenters. The smallest absolute Gasteiger partial charge is 0.255 e. The molecule has 0 bridgehead atoms. The number of hydrogen-bond donors (Lipinski definition) is 2. The fraction of sp³-hybridized carbons (Fsp3) is 0.318. The minimum atomic E-state index is -0.310. The zero-order valence-corrected chi connectivity index (χ0v) is 18.0. The lowest BCUT2D eigenvalue weighted by atomic mass is 10.1. The molecule has 1 aromatic carbocycles. The van der Waals surface area contributed by atoms with Gasteiger partial charge in [-0.1, -0.05) is 29.8 Å². The predicted octanol–water partition coefficient (Wildman–Crippen LogP) is 4.19. The van der Waals surface area contributed by atoms with Crippen LogP contribution in [0.1, 0.15) is 48.0 Å². The molecule has 0 saturated carbocycles. The topological polar surface area (TPSA) is 79.8 Å². The van der Waals surface area contributed by atoms with Crippen molar-refractivity contribution in [2.75, 3.05) is 0 Å². The zero-order valence-electron chi connectivity index (χ0n) is 17.3. The van der Waals surface area contributed by atoms with Crippen LogP contribution in [0.2, 0.25) is 5.02 Å². The van der Waals surface area contributed by atoms with Gasteiger partial charge >= 0.3 is 0 Å². The Morgan fingerprint density at radius 1 is 1.24 bits per heavy atom. The van der Waals surface area contributed by atoms with Crippen molar-refractivity contribution < 1.29 is 4.79 Å². The Kier molecular flexibility index (Phi) is 5.66. The highest BCUT2D eigenvalue weighted by atomic mass is 35.5. The van der Waals surface area contributed by atoms with E-state index in [1.54, 1.807) is 16.9 Å². The van der Waals surface area contributed by atoms with Gasteiger partial charge in [-0.25, -0.2) is 0 Å². The van der Waals surface area contributed by atoms with Gasteiger partial charge in [-0.3, -0.25) is 14.3 Å². The molecule has 0 fully saturated rings. The Bertz CT molecular complexity index is 1120. The first-order chi connectivity index (χ1) is 13.6. The largest absolute Gasteiger partial charge is 0.348 e. The Hall–Kier alpha value is -2.86. The molecule has 0 saturated heterocycles. The fourth-order valence-corrected chi connectivity index (χ4v) is 3.33. The summed E-state index contributed by atoms with van der Waals surface area (Å²) < 4.78 is 1.75. The van der Waals surface area contributed by atoms with E-state index in [0.717, 1.165) is 11.3 Å². The first-order valence-electron chi connectivity index (χ1n) is 9.40. The Labute approximate surface area is 174 Å². The van der Waals surface area contributed by atoms with Gasteiger partial charge in [0.1, 0.15) is 5.69 Å². The molecule has 0 unspecified atom stereocenters. The van der Waals surface area contributed by atoms with E-state index in [4.69, 9.17) is 11.6 Å². The van der Waals surface area contributed by atoms with E-state index >= 15 is 0 Å². The average Bonchev–Trinajstić information content (AvgIpc) is 3.06. The summed E-state index contributed by atoms with van der Waals surface area (Å²) in [5, 5.41) is 8.01. The number of amides is 1. The first-order valence-corrected chi connectivity index (χ1v) is 9.78. The fourth-order valence-electron chi connectivity index (χ4n) is 3.10. The van der Waals surface area contributed by atoms with Gasteiger partial charge in [0.15, 0.2) is 0 Å². The second-order valence-corrected chi connectivity index (χ2v) is 8.52. The number of hydrogen-bond acceptors (Lipinski definition) is 3. The van der Waals surface area contributed by atoms with Crippen molar-refractivity contribution in [2.45, 2.75) is 46.7 Å². The minimum Gasteiger partial charge on any atom is -0.348 e. The monoisotopic (exact) mass is 412 g/mol. The van der Waals surface area contributed by atoms with Crippen LogP contribution < -0.4 is 10.9 Å². The molecule has 0 radical (unpaired) electrons. The molecule has 6 nitrogen and oxygen atoms in total. The number of aryl methyl sites for hydroxylation is 2. The van der Waals surface area contributed by atoms with Gasteiger partial charge in [0.05, 0.1) is 16.1 Å². The van der Waals surface area contributed by atoms with E-state index < -0.39 is 0 Å². The molecule has 2 N–H and O–H groups in total. The molecule has 0 spiro atoms. The van der Waals surface area contributed by atoms with E-state index in [1.165, 1.54) is 0 Å². The summed E-state index contributed by atoms with van der Waals surface area (Å²) in [6.45, 7) is 9.83. The van der Waals surface area contributed by atoms with Crippen molar-refractivity contribution in [1.82, 2.24) is 20.1 Å². The molecule has 2 aromatic heterocycles. The summed E-state index contributed by atoms with van der Waals surface area (Å²) in [5.41, 5.74) is 3.27. The lowest BCUT2D eigenvalue weighted by Gasteiger charge is -2.18. The molecular formula is C22H25ClN4O2. The number of H-pyrrole nitrogens is 1. The van der Waals surface area contributed by atoms with Gasteiger partial charge in [0.2, 0.25) is 0 Å². The zero-order chi connectivity index (χ0) is 21.3. The third-order valence-corrected chi connectivity index (χ3v) is 5.02. The Balaban J connectivity index is 1.97. The van der Waals surface area contributed by atoms with Crippen LogP contribution in [0.25, 0.3) is 11.3 Å². The quantitative estimate of drug-likeness (QED) is 0.674. The number of pyridine rings is 1. The number of carbonyl (C=O) groups excluding carboxylic acids is 1. The van der Waals surface area contributed by atoms with Crippen molar-refractivity contribution >= 4 is 17.5 Å². The van der Waals surface area contributed by atoms with E-state index in [9.17, 15) is 9.59 Å². The maximum absolute atomic E-state index is 13.0. The summed E-state index contributed by atoms with van der Waals surface area (Å²) >= 11 is 6.36. The van der Waals surface area contributed by atoms with E-state index in [0.29, 0.717) is 27.4 Å². The second-order valence-electron chi connectivity index (χ2n) is 8.11. The summed E-state index contributed by atoms with van der Waals surface area (Å²) in [5.74, 6) is -0.310. The van der Waals surface area contributed by atoms with Gasteiger partial charge in [-0.2, -0.15) is 5.10 Å². The highest BCUT2D eigenvalue weighted by molar-refractivity contribution is 6.33. The van der Waals surface area contributed by atoms with Crippen LogP contribution in [0, 0.1) is 13.8 Å². The molecule has 7 heteroatoms. The number of nitrogens with one attached hydrogen (secondary N) is 2. The van der Waals surface area contributed by atoms with Gasteiger partial charge < -0.3 is 10.3 Å². The van der Waals surface area contributed by atoms with Crippen LogP contribution in [0.15, 0.2) is 41.3 Å². The molecule has 0 aliphatic carbocycles. The molecule has 0 aliphatic rings. The van der Waals surface area contributed by atoms with Crippen LogP contribution >= 0.6 is 11.6 Å². The van der Waals surface area contributed by atoms with Crippen molar-refractivity contribution in [3.05, 3.63) is 74.3 Å². The normalized spacial score (nSPS) is 11.5. The maximum atomic E-state index is 13.0. The molecule has 29 heavy (non-hydrogen) atoms. The average molecular weight is 413 g/mol. The van der Waals surface area contributed by atoms with Crippen LogP contribution in [0.3, 0.4) is 0 Å². The highest BCUT2D eigenvalue weighted by Gasteiger charge is 2.24. The van der Waals surface area contributed by atoms with E-state index in [1.807, 2.05) is 58.9 Å². The second kappa shape index (κ2) is 7.87. The Morgan fingerprint density at radius 3 is 2.55 bits per heavy atom. The van der Waals surface area contributed by atoms with Crippen molar-refractivity contribution in [3.8, 4) is 11.3 Å². The SMILES string of the molecule is Cc1cc(C)c(CNC(=O)c2cn(C(C)(C)C)nc2-c2ccccc2Cl)c(=O)[nH]1. The first kappa shape index (κ1) is 20.9. The lowest BCUT2D eigenvalue weighted by molar-refractivity contribution is 0.0951. The number of rotatable bonds is 4. The number of aromatic amines is 1. The number of nitrogens with zero attached hydrogens (tertiary/aromatic N) is 2. The standard InChI is InChI=1S/C22H25ClN4O2/c1-13-10-14(2)25-21(29)16(13)11-24-20(28)17-12-27(22(3,4)5)26-19(17)15-8-6-7-9-18(15)23/h6-10,12H,11H2,1-5H3,(H,24,28)(H,25,29). The van der Waals surface area contributed by atoms with E-state index in [2.05, 4.69) is 15.4 Å². The maximum Gasteiger partial charge on any atom is 0.255 e. The number of aromatic nitrogens is 3. The van der Waals surface area contributed by atoms with Gasteiger partial charge in [-0.15, -0.1) is 0 Å². The van der Waals surface area contributed by atoms with Crippen LogP contribution in [-0.4, -0.2) is 20.7 Å². The van der Waals surface area contributed by atoms with Gasteiger partial charge in [0, 0.05) is 29.6 Å². The molecule has 3 rings (SSSR count). The van der Waals surface area contributed by atoms with Gasteiger partial charge in [0.25, 0.3) is 11.5 Å². The van der Waals surface area contributed by atoms with Gasteiger partial charge in [-0.05, 0) is 52.3 Å². The van der Waals surface area contributed by atoms with Crippen LogP contribution in [0.4, 0.5) is 0 Å². The highest BCUT2D eigenvalue weighted by Crippen LogP contribution is 2.30. The Morgan fingerprint density at radius 2 is 1.93 bits per heavy atom. The predicted molar refractivity (Wildman–Crippen MR) is 115 cm³/mol. The van der Waals surface area contributed by atoms with E-state index in [-0.39, 0.29) is 23.6 Å². The molecule has 152 valence electrons. The molecule has 2 heterocycles. The number of carbonyl (C=O) groups is 1. The third kappa shape index (κ3) is 4.43. The third-order valence-electron chi connectivity index (χ3n) is 4.69. The van der Waals surface area contributed by atoms with Crippen LogP contribution in [0.5, 0.6) is 0 Å². The minimum absolute atomic E-state index is 0.128. The number of benzene rings is 1. The molecule has 3 aromatic rings. The summed E-state index contributed by atoms with van der Waals surface area (Å²) in [6, 6.07) is 9.18. The molecule has 0 aliphatic heterocycles. The van der Waals surface area contributed by atoms with Crippen molar-refractivity contribution in [1.29, 1.82) is 0 Å². The lowest BCUT2D eigenvalue weighted by Crippen LogP contribution is -2.28. The molecular weight excluding hydrogens is 388 g/mol. The summed E-state index contributed by atoms with van der Waals surface area (Å²) in [6.07, 6.45) is 1.72.